The summed E-state index contributed by atoms with van der Waals surface area (Å²) < 4.78 is 0. The molecular formula is C18H27ClN4O2. The van der Waals surface area contributed by atoms with Crippen molar-refractivity contribution in [3.8, 4) is 0 Å². The minimum atomic E-state index is -0.219. The van der Waals surface area contributed by atoms with Crippen molar-refractivity contribution in [1.82, 2.24) is 4.90 Å². The smallest absolute Gasteiger partial charge is 0.253 e. The molecule has 3 rings (SSSR count). The molecule has 2 aliphatic heterocycles. The third-order valence-electron chi connectivity index (χ3n) is 5.44. The first kappa shape index (κ1) is 19.5. The molecule has 2 amide bonds. The van der Waals surface area contributed by atoms with Crippen LogP contribution in [0.1, 0.15) is 37.6 Å². The first-order chi connectivity index (χ1) is 11.2. The van der Waals surface area contributed by atoms with Crippen molar-refractivity contribution in [3.63, 3.8) is 0 Å². The van der Waals surface area contributed by atoms with Gasteiger partial charge in [0.15, 0.2) is 0 Å². The third kappa shape index (κ3) is 3.46. The Hall–Kier alpha value is -1.79. The van der Waals surface area contributed by atoms with Gasteiger partial charge in [-0.1, -0.05) is 13.8 Å². The van der Waals surface area contributed by atoms with Gasteiger partial charge in [-0.15, -0.1) is 12.4 Å². The summed E-state index contributed by atoms with van der Waals surface area (Å²) in [5.41, 5.74) is 8.29. The van der Waals surface area contributed by atoms with E-state index in [9.17, 15) is 9.59 Å². The molecular weight excluding hydrogens is 340 g/mol. The average molecular weight is 367 g/mol. The van der Waals surface area contributed by atoms with E-state index in [1.165, 1.54) is 0 Å². The molecule has 138 valence electrons. The number of rotatable bonds is 1. The summed E-state index contributed by atoms with van der Waals surface area (Å²) in [5, 5.41) is 2.89. The van der Waals surface area contributed by atoms with Gasteiger partial charge in [-0.3, -0.25) is 9.59 Å². The van der Waals surface area contributed by atoms with Crippen LogP contribution in [0.3, 0.4) is 0 Å². The zero-order chi connectivity index (χ0) is 17.6. The van der Waals surface area contributed by atoms with Crippen molar-refractivity contribution < 1.29 is 9.59 Å². The van der Waals surface area contributed by atoms with Gasteiger partial charge in [0.1, 0.15) is 6.04 Å². The van der Waals surface area contributed by atoms with Gasteiger partial charge in [-0.05, 0) is 37.0 Å². The SMILES string of the molecule is CC1C(=O)Nc2cc(C(=O)N3CCC(N)C(C)(C)C3)ccc2N1C.Cl. The molecule has 1 aromatic rings. The molecule has 0 aromatic heterocycles. The first-order valence-electron chi connectivity index (χ1n) is 8.43. The highest BCUT2D eigenvalue weighted by molar-refractivity contribution is 6.05. The maximum Gasteiger partial charge on any atom is 0.253 e. The Morgan fingerprint density at radius 1 is 1.36 bits per heavy atom. The molecule has 6 nitrogen and oxygen atoms in total. The summed E-state index contributed by atoms with van der Waals surface area (Å²) in [7, 11) is 1.89. The summed E-state index contributed by atoms with van der Waals surface area (Å²) in [4.78, 5) is 28.7. The van der Waals surface area contributed by atoms with E-state index in [-0.39, 0.29) is 41.7 Å². The van der Waals surface area contributed by atoms with Crippen LogP contribution in [-0.4, -0.2) is 48.9 Å². The molecule has 3 N–H and O–H groups in total. The molecule has 0 aliphatic carbocycles. The van der Waals surface area contributed by atoms with Crippen LogP contribution in [0.25, 0.3) is 0 Å². The largest absolute Gasteiger partial charge is 0.361 e. The summed E-state index contributed by atoms with van der Waals surface area (Å²) in [5.74, 6) is -0.0621. The number of hydrogen-bond donors (Lipinski definition) is 2. The second-order valence-electron chi connectivity index (χ2n) is 7.62. The fourth-order valence-corrected chi connectivity index (χ4v) is 3.43. The second-order valence-corrected chi connectivity index (χ2v) is 7.62. The molecule has 1 aromatic carbocycles. The number of nitrogens with two attached hydrogens (primary N) is 1. The molecule has 0 saturated carbocycles. The summed E-state index contributed by atoms with van der Waals surface area (Å²) in [6.07, 6.45) is 0.806. The molecule has 0 spiro atoms. The van der Waals surface area contributed by atoms with E-state index in [1.54, 1.807) is 6.07 Å². The number of nitrogens with zero attached hydrogens (tertiary/aromatic N) is 2. The molecule has 1 saturated heterocycles. The van der Waals surface area contributed by atoms with E-state index >= 15 is 0 Å². The van der Waals surface area contributed by atoms with Gasteiger partial charge < -0.3 is 20.9 Å². The van der Waals surface area contributed by atoms with Crippen molar-refractivity contribution in [2.45, 2.75) is 39.3 Å². The lowest BCUT2D eigenvalue weighted by molar-refractivity contribution is -0.117. The van der Waals surface area contributed by atoms with E-state index in [1.807, 2.05) is 35.9 Å². The number of benzene rings is 1. The van der Waals surface area contributed by atoms with Gasteiger partial charge in [0, 0.05) is 31.7 Å². The van der Waals surface area contributed by atoms with Crippen molar-refractivity contribution in [2.75, 3.05) is 30.4 Å². The average Bonchev–Trinajstić information content (AvgIpc) is 2.54. The Morgan fingerprint density at radius 3 is 2.68 bits per heavy atom. The number of anilines is 2. The number of halogens is 1. The standard InChI is InChI=1S/C18H26N4O2.ClH/c1-11-16(23)20-13-9-12(5-6-14(13)21(11)4)17(24)22-8-7-15(19)18(2,3)10-22;/h5-6,9,11,15H,7-8,10,19H2,1-4H3,(H,20,23);1H. The van der Waals surface area contributed by atoms with Gasteiger partial charge in [-0.25, -0.2) is 0 Å². The van der Waals surface area contributed by atoms with Crippen molar-refractivity contribution in [3.05, 3.63) is 23.8 Å². The highest BCUT2D eigenvalue weighted by atomic mass is 35.5. The second kappa shape index (κ2) is 6.84. The number of likely N-dealkylation sites (tertiary alicyclic amines) is 1. The first-order valence-corrected chi connectivity index (χ1v) is 8.43. The zero-order valence-electron chi connectivity index (χ0n) is 15.2. The van der Waals surface area contributed by atoms with Crippen LogP contribution in [0, 0.1) is 5.41 Å². The summed E-state index contributed by atoms with van der Waals surface area (Å²) >= 11 is 0. The van der Waals surface area contributed by atoms with E-state index in [0.29, 0.717) is 24.3 Å². The molecule has 7 heteroatoms. The fraction of sp³-hybridized carbons (Fsp3) is 0.556. The highest BCUT2D eigenvalue weighted by Crippen LogP contribution is 2.33. The molecule has 0 bridgehead atoms. The quantitative estimate of drug-likeness (QED) is 0.797. The molecule has 25 heavy (non-hydrogen) atoms. The number of amides is 2. The molecule has 0 radical (unpaired) electrons. The third-order valence-corrected chi connectivity index (χ3v) is 5.44. The van der Waals surface area contributed by atoms with Crippen LogP contribution in [0.5, 0.6) is 0 Å². The van der Waals surface area contributed by atoms with E-state index in [4.69, 9.17) is 5.73 Å². The molecule has 1 fully saturated rings. The number of fused-ring (bicyclic) bond motifs is 1. The normalized spacial score (nSPS) is 24.9. The Balaban J connectivity index is 0.00000225. The van der Waals surface area contributed by atoms with Gasteiger partial charge >= 0.3 is 0 Å². The topological polar surface area (TPSA) is 78.7 Å². The lowest BCUT2D eigenvalue weighted by Crippen LogP contribution is -2.54. The minimum absolute atomic E-state index is 0. The summed E-state index contributed by atoms with van der Waals surface area (Å²) in [6, 6.07) is 5.41. The monoisotopic (exact) mass is 366 g/mol. The summed E-state index contributed by atoms with van der Waals surface area (Å²) in [6.45, 7) is 7.37. The fourth-order valence-electron chi connectivity index (χ4n) is 3.43. The Morgan fingerprint density at radius 2 is 2.04 bits per heavy atom. The Labute approximate surface area is 155 Å². The number of nitrogens with one attached hydrogen (secondary N) is 1. The number of carbonyl (C=O) groups excluding carboxylic acids is 2. The van der Waals surface area contributed by atoms with E-state index in [0.717, 1.165) is 12.1 Å². The number of likely N-dealkylation sites (N-methyl/N-ethyl adjacent to an activating group) is 1. The molecule has 2 aliphatic rings. The van der Waals surface area contributed by atoms with Crippen LogP contribution in [0.4, 0.5) is 11.4 Å². The van der Waals surface area contributed by atoms with Gasteiger partial charge in [0.05, 0.1) is 11.4 Å². The predicted molar refractivity (Wildman–Crippen MR) is 102 cm³/mol. The van der Waals surface area contributed by atoms with Gasteiger partial charge in [0.2, 0.25) is 5.91 Å². The predicted octanol–water partition coefficient (Wildman–Crippen LogP) is 2.08. The van der Waals surface area contributed by atoms with Gasteiger partial charge in [-0.2, -0.15) is 0 Å². The number of piperidine rings is 1. The van der Waals surface area contributed by atoms with Crippen molar-refractivity contribution in [1.29, 1.82) is 0 Å². The molecule has 2 atom stereocenters. The Bertz CT molecular complexity index is 692. The number of hydrogen-bond acceptors (Lipinski definition) is 4. The maximum absolute atomic E-state index is 12.9. The van der Waals surface area contributed by atoms with Crippen LogP contribution in [-0.2, 0) is 4.79 Å². The van der Waals surface area contributed by atoms with Crippen molar-refractivity contribution >= 4 is 35.6 Å². The molecule has 2 heterocycles. The van der Waals surface area contributed by atoms with Crippen molar-refractivity contribution in [2.24, 2.45) is 11.1 Å². The zero-order valence-corrected chi connectivity index (χ0v) is 16.0. The highest BCUT2D eigenvalue weighted by Gasteiger charge is 2.36. The van der Waals surface area contributed by atoms with Crippen LogP contribution in [0.15, 0.2) is 18.2 Å². The van der Waals surface area contributed by atoms with E-state index < -0.39 is 0 Å². The minimum Gasteiger partial charge on any atom is -0.361 e. The van der Waals surface area contributed by atoms with Crippen LogP contribution >= 0.6 is 12.4 Å². The van der Waals surface area contributed by atoms with E-state index in [2.05, 4.69) is 19.2 Å². The van der Waals surface area contributed by atoms with Crippen LogP contribution in [0.2, 0.25) is 0 Å². The van der Waals surface area contributed by atoms with Gasteiger partial charge in [0.25, 0.3) is 5.91 Å². The molecule has 2 unspecified atom stereocenters. The Kier molecular flexibility index (Phi) is 5.35. The number of carbonyl (C=O) groups is 2. The maximum atomic E-state index is 12.9. The lowest BCUT2D eigenvalue weighted by atomic mass is 9.79. The van der Waals surface area contributed by atoms with Crippen LogP contribution < -0.4 is 16.0 Å². The lowest BCUT2D eigenvalue weighted by Gasteiger charge is -2.42.